The predicted octanol–water partition coefficient (Wildman–Crippen LogP) is 2.50. The lowest BCUT2D eigenvalue weighted by Gasteiger charge is -2.16. The maximum Gasteiger partial charge on any atom is 0.161 e. The fourth-order valence-corrected chi connectivity index (χ4v) is 1.92. The van der Waals surface area contributed by atoms with Gasteiger partial charge in [-0.3, -0.25) is 0 Å². The average Bonchev–Trinajstić information content (AvgIpc) is 2.39. The van der Waals surface area contributed by atoms with Crippen LogP contribution >= 0.6 is 12.4 Å². The van der Waals surface area contributed by atoms with E-state index in [0.717, 1.165) is 31.0 Å². The summed E-state index contributed by atoms with van der Waals surface area (Å²) in [6.45, 7) is 1.99. The van der Waals surface area contributed by atoms with E-state index in [1.807, 2.05) is 12.1 Å². The summed E-state index contributed by atoms with van der Waals surface area (Å²) in [6.07, 6.45) is 3.29. The molecule has 0 aliphatic carbocycles. The first kappa shape index (κ1) is 13.9. The van der Waals surface area contributed by atoms with Crippen molar-refractivity contribution in [3.63, 3.8) is 0 Å². The van der Waals surface area contributed by atoms with E-state index in [1.165, 1.54) is 11.1 Å². The molecule has 0 saturated heterocycles. The summed E-state index contributed by atoms with van der Waals surface area (Å²) in [5.74, 6) is 1.57. The molecule has 94 valence electrons. The molecule has 1 aliphatic rings. The summed E-state index contributed by atoms with van der Waals surface area (Å²) in [7, 11) is 3.32. The quantitative estimate of drug-likeness (QED) is 0.900. The Labute approximate surface area is 108 Å². The first-order chi connectivity index (χ1) is 7.85. The topological polar surface area (TPSA) is 30.5 Å². The molecule has 0 atom stereocenters. The van der Waals surface area contributed by atoms with Gasteiger partial charge in [0.2, 0.25) is 0 Å². The highest BCUT2D eigenvalue weighted by Crippen LogP contribution is 2.31. The van der Waals surface area contributed by atoms with Gasteiger partial charge in [0.1, 0.15) is 0 Å². The molecule has 3 nitrogen and oxygen atoms in total. The van der Waals surface area contributed by atoms with Crippen molar-refractivity contribution in [2.45, 2.75) is 6.42 Å². The molecule has 0 bridgehead atoms. The standard InChI is InChI=1S/C13H17NO2.ClH/c1-15-12-4-3-11(9-13(12)16-2)10-5-7-14-8-6-10;/h3-5,9,14H,6-8H2,1-2H3;1H. The Morgan fingerprint density at radius 3 is 2.47 bits per heavy atom. The Hall–Kier alpha value is -1.19. The van der Waals surface area contributed by atoms with E-state index in [0.29, 0.717) is 0 Å². The van der Waals surface area contributed by atoms with Crippen molar-refractivity contribution < 1.29 is 9.47 Å². The van der Waals surface area contributed by atoms with Crippen LogP contribution in [-0.2, 0) is 0 Å². The number of hydrogen-bond donors (Lipinski definition) is 1. The lowest BCUT2D eigenvalue weighted by molar-refractivity contribution is 0.355. The number of benzene rings is 1. The second-order valence-corrected chi connectivity index (χ2v) is 3.75. The molecule has 0 unspecified atom stereocenters. The summed E-state index contributed by atoms with van der Waals surface area (Å²) in [4.78, 5) is 0. The molecule has 0 radical (unpaired) electrons. The van der Waals surface area contributed by atoms with Gasteiger partial charge in [-0.1, -0.05) is 12.1 Å². The molecule has 1 heterocycles. The SMILES string of the molecule is COc1ccc(C2=CCNCC2)cc1OC.Cl. The van der Waals surface area contributed by atoms with E-state index >= 15 is 0 Å². The number of hydrogen-bond acceptors (Lipinski definition) is 3. The summed E-state index contributed by atoms with van der Waals surface area (Å²) in [6, 6.07) is 6.07. The summed E-state index contributed by atoms with van der Waals surface area (Å²) in [5, 5.41) is 3.30. The number of methoxy groups -OCH3 is 2. The zero-order chi connectivity index (χ0) is 11.4. The van der Waals surface area contributed by atoms with Gasteiger partial charge in [0, 0.05) is 6.54 Å². The number of rotatable bonds is 3. The second-order valence-electron chi connectivity index (χ2n) is 3.75. The van der Waals surface area contributed by atoms with Crippen LogP contribution in [0.25, 0.3) is 5.57 Å². The van der Waals surface area contributed by atoms with Crippen molar-refractivity contribution >= 4 is 18.0 Å². The minimum Gasteiger partial charge on any atom is -0.493 e. The molecule has 2 rings (SSSR count). The lowest BCUT2D eigenvalue weighted by Crippen LogP contribution is -2.20. The van der Waals surface area contributed by atoms with Crippen LogP contribution in [0.4, 0.5) is 0 Å². The molecular weight excluding hydrogens is 238 g/mol. The fraction of sp³-hybridized carbons (Fsp3) is 0.385. The third-order valence-electron chi connectivity index (χ3n) is 2.82. The minimum atomic E-state index is 0. The Balaban J connectivity index is 0.00000144. The van der Waals surface area contributed by atoms with Gasteiger partial charge >= 0.3 is 0 Å². The molecule has 0 amide bonds. The molecule has 1 aliphatic heterocycles. The fourth-order valence-electron chi connectivity index (χ4n) is 1.92. The van der Waals surface area contributed by atoms with Crippen LogP contribution in [0.15, 0.2) is 24.3 Å². The van der Waals surface area contributed by atoms with Gasteiger partial charge in [0.15, 0.2) is 11.5 Å². The van der Waals surface area contributed by atoms with E-state index in [4.69, 9.17) is 9.47 Å². The van der Waals surface area contributed by atoms with Gasteiger partial charge in [-0.2, -0.15) is 0 Å². The number of nitrogens with one attached hydrogen (secondary N) is 1. The van der Waals surface area contributed by atoms with Crippen LogP contribution in [0, 0.1) is 0 Å². The van der Waals surface area contributed by atoms with Crippen LogP contribution in [0.3, 0.4) is 0 Å². The van der Waals surface area contributed by atoms with Gasteiger partial charge in [0.05, 0.1) is 14.2 Å². The molecule has 0 fully saturated rings. The van der Waals surface area contributed by atoms with Crippen LogP contribution in [0.1, 0.15) is 12.0 Å². The van der Waals surface area contributed by atoms with Crippen molar-refractivity contribution in [3.05, 3.63) is 29.8 Å². The monoisotopic (exact) mass is 255 g/mol. The number of ether oxygens (including phenoxy) is 2. The normalized spacial score (nSPS) is 14.6. The minimum absolute atomic E-state index is 0. The van der Waals surface area contributed by atoms with Gasteiger partial charge in [-0.05, 0) is 36.2 Å². The molecule has 0 aromatic heterocycles. The van der Waals surface area contributed by atoms with Crippen molar-refractivity contribution in [2.75, 3.05) is 27.3 Å². The third kappa shape index (κ3) is 3.14. The molecule has 0 saturated carbocycles. The largest absolute Gasteiger partial charge is 0.493 e. The predicted molar refractivity (Wildman–Crippen MR) is 72.3 cm³/mol. The smallest absolute Gasteiger partial charge is 0.161 e. The summed E-state index contributed by atoms with van der Waals surface area (Å²) >= 11 is 0. The Morgan fingerprint density at radius 1 is 1.12 bits per heavy atom. The molecule has 1 aromatic carbocycles. The average molecular weight is 256 g/mol. The Morgan fingerprint density at radius 2 is 1.88 bits per heavy atom. The van der Waals surface area contributed by atoms with Crippen molar-refractivity contribution in [1.82, 2.24) is 5.32 Å². The van der Waals surface area contributed by atoms with Crippen molar-refractivity contribution in [3.8, 4) is 11.5 Å². The van der Waals surface area contributed by atoms with Crippen LogP contribution in [-0.4, -0.2) is 27.3 Å². The van der Waals surface area contributed by atoms with E-state index in [2.05, 4.69) is 17.5 Å². The maximum atomic E-state index is 5.30. The molecule has 4 heteroatoms. The molecule has 0 spiro atoms. The van der Waals surface area contributed by atoms with Crippen LogP contribution in [0.5, 0.6) is 11.5 Å². The zero-order valence-corrected chi connectivity index (χ0v) is 11.0. The lowest BCUT2D eigenvalue weighted by atomic mass is 10.00. The molecule has 1 aromatic rings. The Bertz CT molecular complexity index is 404. The van der Waals surface area contributed by atoms with E-state index in [-0.39, 0.29) is 12.4 Å². The van der Waals surface area contributed by atoms with Crippen molar-refractivity contribution in [1.29, 1.82) is 0 Å². The molecular formula is C13H18ClNO2. The number of halogens is 1. The van der Waals surface area contributed by atoms with Crippen LogP contribution in [0.2, 0.25) is 0 Å². The molecule has 17 heavy (non-hydrogen) atoms. The van der Waals surface area contributed by atoms with Gasteiger partial charge < -0.3 is 14.8 Å². The zero-order valence-electron chi connectivity index (χ0n) is 10.2. The highest BCUT2D eigenvalue weighted by molar-refractivity contribution is 5.85. The summed E-state index contributed by atoms with van der Waals surface area (Å²) in [5.41, 5.74) is 2.60. The maximum absolute atomic E-state index is 5.30. The van der Waals surface area contributed by atoms with E-state index in [9.17, 15) is 0 Å². The van der Waals surface area contributed by atoms with E-state index < -0.39 is 0 Å². The first-order valence-electron chi connectivity index (χ1n) is 5.47. The van der Waals surface area contributed by atoms with Gasteiger partial charge in [-0.25, -0.2) is 0 Å². The van der Waals surface area contributed by atoms with E-state index in [1.54, 1.807) is 14.2 Å². The van der Waals surface area contributed by atoms with Gasteiger partial charge in [-0.15, -0.1) is 12.4 Å². The summed E-state index contributed by atoms with van der Waals surface area (Å²) < 4.78 is 10.5. The van der Waals surface area contributed by atoms with Gasteiger partial charge in [0.25, 0.3) is 0 Å². The van der Waals surface area contributed by atoms with Crippen molar-refractivity contribution in [2.24, 2.45) is 0 Å². The first-order valence-corrected chi connectivity index (χ1v) is 5.47. The third-order valence-corrected chi connectivity index (χ3v) is 2.82. The highest BCUT2D eigenvalue weighted by Gasteiger charge is 2.09. The Kier molecular flexibility index (Phi) is 5.32. The molecule has 1 N–H and O–H groups in total. The second kappa shape index (κ2) is 6.52. The van der Waals surface area contributed by atoms with Crippen LogP contribution < -0.4 is 14.8 Å². The highest BCUT2D eigenvalue weighted by atomic mass is 35.5.